The zero-order valence-electron chi connectivity index (χ0n) is 22.2. The molecular formula is C27H28N4O7S2. The summed E-state index contributed by atoms with van der Waals surface area (Å²) >= 11 is 1.25. The van der Waals surface area contributed by atoms with Gasteiger partial charge in [0.05, 0.1) is 17.2 Å². The number of aromatic carboxylic acids is 1. The number of rotatable bonds is 11. The lowest BCUT2D eigenvalue weighted by molar-refractivity contribution is 0.0689. The molecule has 0 aliphatic carbocycles. The van der Waals surface area contributed by atoms with Gasteiger partial charge in [0.2, 0.25) is 15.9 Å². The number of nitrogens with one attached hydrogen (secondary N) is 2. The van der Waals surface area contributed by atoms with Gasteiger partial charge in [-0.05, 0) is 67.6 Å². The molecule has 40 heavy (non-hydrogen) atoms. The Hall–Kier alpha value is -4.04. The standard InChI is InChI=1S/C27H28N4O7S2/c1-16-7-5-8-20(17(16)2)31-26(18(3)24(30-31)27(33)34)38-21-11-10-19(29-25(32)22-9-6-14-39-22)15-23(21)40(35,36)28-12-13-37-4/h5-11,14-15,28H,12-13H2,1-4H3,(H,29,32)(H,33,34). The largest absolute Gasteiger partial charge is 0.476 e. The van der Waals surface area contributed by atoms with E-state index in [1.54, 1.807) is 29.6 Å². The molecule has 0 saturated heterocycles. The van der Waals surface area contributed by atoms with E-state index < -0.39 is 21.9 Å². The summed E-state index contributed by atoms with van der Waals surface area (Å²) in [4.78, 5) is 24.8. The Morgan fingerprint density at radius 1 is 1.07 bits per heavy atom. The normalized spacial score (nSPS) is 11.4. The monoisotopic (exact) mass is 584 g/mol. The maximum absolute atomic E-state index is 13.4. The summed E-state index contributed by atoms with van der Waals surface area (Å²) in [5.74, 6) is -1.71. The van der Waals surface area contributed by atoms with E-state index in [-0.39, 0.29) is 46.6 Å². The summed E-state index contributed by atoms with van der Waals surface area (Å²) in [7, 11) is -2.71. The molecule has 1 amide bonds. The van der Waals surface area contributed by atoms with E-state index in [0.717, 1.165) is 11.1 Å². The van der Waals surface area contributed by atoms with E-state index in [2.05, 4.69) is 15.1 Å². The minimum atomic E-state index is -4.16. The van der Waals surface area contributed by atoms with Gasteiger partial charge in [-0.15, -0.1) is 11.3 Å². The number of methoxy groups -OCH3 is 1. The summed E-state index contributed by atoms with van der Waals surface area (Å²) in [6.45, 7) is 5.44. The molecule has 11 nitrogen and oxygen atoms in total. The molecule has 3 N–H and O–H groups in total. The predicted octanol–water partition coefficient (Wildman–Crippen LogP) is 4.53. The Kier molecular flexibility index (Phi) is 8.69. The number of carbonyl (C=O) groups is 2. The third-order valence-electron chi connectivity index (χ3n) is 6.12. The van der Waals surface area contributed by atoms with Crippen LogP contribution in [0.25, 0.3) is 5.69 Å². The molecule has 0 unspecified atom stereocenters. The average molecular weight is 585 g/mol. The Balaban J connectivity index is 1.82. The molecule has 210 valence electrons. The van der Waals surface area contributed by atoms with Crippen LogP contribution in [0.5, 0.6) is 11.6 Å². The molecule has 4 rings (SSSR count). The summed E-state index contributed by atoms with van der Waals surface area (Å²) < 4.78 is 41.6. The molecule has 13 heteroatoms. The smallest absolute Gasteiger partial charge is 0.356 e. The molecule has 0 saturated carbocycles. The van der Waals surface area contributed by atoms with Gasteiger partial charge in [-0.1, -0.05) is 18.2 Å². The van der Waals surface area contributed by atoms with Gasteiger partial charge in [-0.25, -0.2) is 17.9 Å². The number of ether oxygens (including phenoxy) is 2. The maximum atomic E-state index is 13.4. The highest BCUT2D eigenvalue weighted by Gasteiger charge is 2.27. The van der Waals surface area contributed by atoms with Crippen LogP contribution in [0.1, 0.15) is 36.9 Å². The molecule has 0 spiro atoms. The van der Waals surface area contributed by atoms with Crippen LogP contribution in [-0.2, 0) is 14.8 Å². The fourth-order valence-electron chi connectivity index (χ4n) is 3.87. The SMILES string of the molecule is COCCNS(=O)(=O)c1cc(NC(=O)c2cccs2)ccc1Oc1c(C)c(C(=O)O)nn1-c1cccc(C)c1C. The minimum absolute atomic E-state index is 0.00728. The van der Waals surface area contributed by atoms with Crippen molar-refractivity contribution >= 4 is 38.9 Å². The van der Waals surface area contributed by atoms with Gasteiger partial charge >= 0.3 is 5.97 Å². The highest BCUT2D eigenvalue weighted by molar-refractivity contribution is 7.89. The summed E-state index contributed by atoms with van der Waals surface area (Å²) in [6.07, 6.45) is 0. The van der Waals surface area contributed by atoms with Gasteiger partial charge in [-0.3, -0.25) is 4.79 Å². The molecule has 0 aliphatic heterocycles. The van der Waals surface area contributed by atoms with Crippen molar-refractivity contribution in [1.29, 1.82) is 0 Å². The lowest BCUT2D eigenvalue weighted by atomic mass is 10.1. The number of benzene rings is 2. The molecule has 2 aromatic heterocycles. The van der Waals surface area contributed by atoms with E-state index in [9.17, 15) is 23.1 Å². The highest BCUT2D eigenvalue weighted by Crippen LogP contribution is 2.36. The van der Waals surface area contributed by atoms with Crippen molar-refractivity contribution in [3.63, 3.8) is 0 Å². The van der Waals surface area contributed by atoms with E-state index in [0.29, 0.717) is 10.6 Å². The number of aromatic nitrogens is 2. The number of hydrogen-bond donors (Lipinski definition) is 3. The van der Waals surface area contributed by atoms with Crippen LogP contribution in [0, 0.1) is 20.8 Å². The molecule has 0 radical (unpaired) electrons. The number of carboxylic acid groups (broad SMARTS) is 1. The van der Waals surface area contributed by atoms with E-state index >= 15 is 0 Å². The zero-order valence-corrected chi connectivity index (χ0v) is 23.9. The molecule has 0 bridgehead atoms. The topological polar surface area (TPSA) is 149 Å². The number of aryl methyl sites for hydroxylation is 1. The van der Waals surface area contributed by atoms with Crippen molar-refractivity contribution in [2.75, 3.05) is 25.6 Å². The van der Waals surface area contributed by atoms with Gasteiger partial charge in [-0.2, -0.15) is 9.78 Å². The Bertz CT molecular complexity index is 1660. The third-order valence-corrected chi connectivity index (χ3v) is 8.47. The first-order valence-electron chi connectivity index (χ1n) is 12.1. The molecule has 0 aliphatic rings. The van der Waals surface area contributed by atoms with E-state index in [1.807, 2.05) is 19.9 Å². The fraction of sp³-hybridized carbons (Fsp3) is 0.222. The van der Waals surface area contributed by atoms with Crippen LogP contribution < -0.4 is 14.8 Å². The average Bonchev–Trinajstić information content (AvgIpc) is 3.56. The first-order valence-corrected chi connectivity index (χ1v) is 14.4. The van der Waals surface area contributed by atoms with Crippen LogP contribution >= 0.6 is 11.3 Å². The second-order valence-electron chi connectivity index (χ2n) is 8.80. The van der Waals surface area contributed by atoms with Gasteiger partial charge in [0.15, 0.2) is 5.69 Å². The van der Waals surface area contributed by atoms with Crippen molar-refractivity contribution in [3.05, 3.63) is 81.2 Å². The van der Waals surface area contributed by atoms with Gasteiger partial charge < -0.3 is 19.9 Å². The van der Waals surface area contributed by atoms with Crippen LogP contribution in [0.15, 0.2) is 58.8 Å². The van der Waals surface area contributed by atoms with Gasteiger partial charge in [0, 0.05) is 24.9 Å². The number of amides is 1. The second kappa shape index (κ2) is 12.0. The first-order chi connectivity index (χ1) is 19.0. The van der Waals surface area contributed by atoms with Gasteiger partial charge in [0.1, 0.15) is 10.6 Å². The van der Waals surface area contributed by atoms with Crippen LogP contribution in [-0.4, -0.2) is 55.4 Å². The van der Waals surface area contributed by atoms with E-state index in [1.165, 1.54) is 48.3 Å². The number of anilines is 1. The van der Waals surface area contributed by atoms with Crippen molar-refractivity contribution in [1.82, 2.24) is 14.5 Å². The van der Waals surface area contributed by atoms with Crippen molar-refractivity contribution in [3.8, 4) is 17.3 Å². The summed E-state index contributed by atoms with van der Waals surface area (Å²) in [5, 5.41) is 18.5. The highest BCUT2D eigenvalue weighted by atomic mass is 32.2. The number of thiophene rings is 1. The van der Waals surface area contributed by atoms with Crippen molar-refractivity contribution in [2.45, 2.75) is 25.7 Å². The molecule has 2 heterocycles. The zero-order chi connectivity index (χ0) is 29.0. The minimum Gasteiger partial charge on any atom is -0.476 e. The van der Waals surface area contributed by atoms with Crippen molar-refractivity contribution < 1.29 is 32.6 Å². The lowest BCUT2D eigenvalue weighted by Gasteiger charge is -2.17. The van der Waals surface area contributed by atoms with Crippen LogP contribution in [0.4, 0.5) is 5.69 Å². The quantitative estimate of drug-likeness (QED) is 0.218. The summed E-state index contributed by atoms with van der Waals surface area (Å²) in [6, 6.07) is 13.0. The number of carboxylic acids is 1. The summed E-state index contributed by atoms with van der Waals surface area (Å²) in [5.41, 5.74) is 2.56. The van der Waals surface area contributed by atoms with Crippen molar-refractivity contribution in [2.24, 2.45) is 0 Å². The van der Waals surface area contributed by atoms with Crippen LogP contribution in [0.2, 0.25) is 0 Å². The number of hydrogen-bond acceptors (Lipinski definition) is 8. The Morgan fingerprint density at radius 2 is 1.85 bits per heavy atom. The predicted molar refractivity (Wildman–Crippen MR) is 151 cm³/mol. The fourth-order valence-corrected chi connectivity index (χ4v) is 5.66. The number of sulfonamides is 1. The molecule has 2 aromatic carbocycles. The molecule has 0 atom stereocenters. The molecule has 4 aromatic rings. The lowest BCUT2D eigenvalue weighted by Crippen LogP contribution is -2.27. The third kappa shape index (κ3) is 6.07. The second-order valence-corrected chi connectivity index (χ2v) is 11.5. The first kappa shape index (κ1) is 29.0. The number of nitrogens with zero attached hydrogens (tertiary/aromatic N) is 2. The molecule has 0 fully saturated rings. The van der Waals surface area contributed by atoms with Gasteiger partial charge in [0.25, 0.3) is 5.91 Å². The van der Waals surface area contributed by atoms with Crippen LogP contribution in [0.3, 0.4) is 0 Å². The maximum Gasteiger partial charge on any atom is 0.356 e. The molecular weight excluding hydrogens is 556 g/mol. The number of carbonyl (C=O) groups excluding carboxylic acids is 1. The Morgan fingerprint density at radius 3 is 2.52 bits per heavy atom. The Labute approximate surface area is 235 Å². The van der Waals surface area contributed by atoms with E-state index in [4.69, 9.17) is 9.47 Å².